The molecule has 0 fully saturated rings. The Morgan fingerprint density at radius 1 is 1.25 bits per heavy atom. The van der Waals surface area contributed by atoms with E-state index in [2.05, 4.69) is 15.0 Å². The number of benzene rings is 1. The third kappa shape index (κ3) is 6.23. The van der Waals surface area contributed by atoms with Gasteiger partial charge in [0.1, 0.15) is 5.01 Å². The van der Waals surface area contributed by atoms with Crippen LogP contribution in [0.3, 0.4) is 0 Å². The van der Waals surface area contributed by atoms with Gasteiger partial charge >= 0.3 is 0 Å². The van der Waals surface area contributed by atoms with Gasteiger partial charge in [-0.25, -0.2) is 18.1 Å². The SMILES string of the molecule is Cc1ccc(/C=C\S(=O)(=O)NCC(=O)NCc2nc(C)cs2)cc1. The van der Waals surface area contributed by atoms with Crippen LogP contribution in [0.1, 0.15) is 21.8 Å². The zero-order valence-corrected chi connectivity index (χ0v) is 15.1. The van der Waals surface area contributed by atoms with Crippen molar-refractivity contribution in [3.63, 3.8) is 0 Å². The van der Waals surface area contributed by atoms with Crippen molar-refractivity contribution in [1.29, 1.82) is 0 Å². The second kappa shape index (κ2) is 8.18. The van der Waals surface area contributed by atoms with E-state index in [4.69, 9.17) is 0 Å². The predicted molar refractivity (Wildman–Crippen MR) is 95.8 cm³/mol. The lowest BCUT2D eigenvalue weighted by Crippen LogP contribution is -2.35. The minimum atomic E-state index is -3.67. The molecule has 24 heavy (non-hydrogen) atoms. The number of aromatic nitrogens is 1. The second-order valence-corrected chi connectivity index (χ2v) is 7.83. The largest absolute Gasteiger partial charge is 0.348 e. The number of aryl methyl sites for hydroxylation is 2. The van der Waals surface area contributed by atoms with Crippen molar-refractivity contribution in [2.75, 3.05) is 6.54 Å². The zero-order valence-electron chi connectivity index (χ0n) is 13.4. The lowest BCUT2D eigenvalue weighted by molar-refractivity contribution is -0.120. The van der Waals surface area contributed by atoms with Crippen LogP contribution in [-0.4, -0.2) is 25.9 Å². The van der Waals surface area contributed by atoms with Crippen LogP contribution in [0, 0.1) is 13.8 Å². The van der Waals surface area contributed by atoms with Crippen molar-refractivity contribution in [2.24, 2.45) is 0 Å². The molecule has 128 valence electrons. The van der Waals surface area contributed by atoms with Gasteiger partial charge in [0.25, 0.3) is 0 Å². The normalized spacial score (nSPS) is 11.8. The highest BCUT2D eigenvalue weighted by atomic mass is 32.2. The minimum Gasteiger partial charge on any atom is -0.348 e. The molecule has 1 amide bonds. The molecule has 0 spiro atoms. The maximum absolute atomic E-state index is 11.9. The van der Waals surface area contributed by atoms with E-state index in [9.17, 15) is 13.2 Å². The van der Waals surface area contributed by atoms with E-state index in [1.54, 1.807) is 0 Å². The molecular weight excluding hydrogens is 346 g/mol. The molecule has 0 atom stereocenters. The van der Waals surface area contributed by atoms with E-state index < -0.39 is 15.9 Å². The molecule has 2 rings (SSSR count). The summed E-state index contributed by atoms with van der Waals surface area (Å²) in [6.07, 6.45) is 1.48. The van der Waals surface area contributed by atoms with E-state index in [1.807, 2.05) is 43.5 Å². The molecule has 2 N–H and O–H groups in total. The molecule has 0 aliphatic heterocycles. The first-order chi connectivity index (χ1) is 11.3. The molecule has 0 aliphatic rings. The van der Waals surface area contributed by atoms with Crippen molar-refractivity contribution >= 4 is 33.3 Å². The van der Waals surface area contributed by atoms with E-state index in [-0.39, 0.29) is 13.1 Å². The van der Waals surface area contributed by atoms with E-state index in [0.717, 1.165) is 27.2 Å². The smallest absolute Gasteiger partial charge is 0.235 e. The Bertz CT molecular complexity index is 825. The number of carbonyl (C=O) groups is 1. The van der Waals surface area contributed by atoms with Gasteiger partial charge in [-0.2, -0.15) is 0 Å². The number of rotatable bonds is 7. The minimum absolute atomic E-state index is 0.290. The molecule has 0 bridgehead atoms. The maximum atomic E-state index is 11.9. The molecule has 6 nitrogen and oxygen atoms in total. The Morgan fingerprint density at radius 2 is 1.96 bits per heavy atom. The Hall–Kier alpha value is -2.03. The van der Waals surface area contributed by atoms with Crippen LogP contribution in [0.5, 0.6) is 0 Å². The first kappa shape index (κ1) is 18.3. The van der Waals surface area contributed by atoms with Gasteiger partial charge in [-0.3, -0.25) is 4.79 Å². The van der Waals surface area contributed by atoms with Crippen LogP contribution in [0.4, 0.5) is 0 Å². The van der Waals surface area contributed by atoms with Gasteiger partial charge in [0.15, 0.2) is 0 Å². The number of hydrogen-bond donors (Lipinski definition) is 2. The number of hydrogen-bond acceptors (Lipinski definition) is 5. The van der Waals surface area contributed by atoms with Crippen LogP contribution in [-0.2, 0) is 21.4 Å². The summed E-state index contributed by atoms with van der Waals surface area (Å²) in [4.78, 5) is 15.9. The molecule has 0 aliphatic carbocycles. The number of thiazole rings is 1. The molecule has 1 aromatic heterocycles. The standard InChI is InChI=1S/C16H19N3O3S2/c1-12-3-5-14(6-4-12)7-8-24(21,22)18-9-15(20)17-10-16-19-13(2)11-23-16/h3-8,11,18H,9-10H2,1-2H3,(H,17,20)/b8-7-. The highest BCUT2D eigenvalue weighted by molar-refractivity contribution is 7.92. The summed E-state index contributed by atoms with van der Waals surface area (Å²) in [6, 6.07) is 7.44. The molecule has 0 saturated carbocycles. The van der Waals surface area contributed by atoms with Crippen LogP contribution >= 0.6 is 11.3 Å². The highest BCUT2D eigenvalue weighted by Crippen LogP contribution is 2.08. The third-order valence-corrected chi connectivity index (χ3v) is 5.06. The summed E-state index contributed by atoms with van der Waals surface area (Å²) in [5, 5.41) is 6.34. The Morgan fingerprint density at radius 3 is 2.58 bits per heavy atom. The fourth-order valence-corrected chi connectivity index (χ4v) is 3.26. The fraction of sp³-hybridized carbons (Fsp3) is 0.250. The van der Waals surface area contributed by atoms with E-state index in [1.165, 1.54) is 17.4 Å². The van der Waals surface area contributed by atoms with Crippen molar-refractivity contribution in [3.8, 4) is 0 Å². The van der Waals surface area contributed by atoms with Crippen LogP contribution < -0.4 is 10.0 Å². The first-order valence-corrected chi connectivity index (χ1v) is 9.69. The lowest BCUT2D eigenvalue weighted by Gasteiger charge is -2.04. The Kier molecular flexibility index (Phi) is 6.24. The topological polar surface area (TPSA) is 88.2 Å². The molecule has 1 heterocycles. The monoisotopic (exact) mass is 365 g/mol. The van der Waals surface area contributed by atoms with Gasteiger partial charge in [0, 0.05) is 16.5 Å². The quantitative estimate of drug-likeness (QED) is 0.785. The Labute approximate surface area is 145 Å². The van der Waals surface area contributed by atoms with Gasteiger partial charge in [0.05, 0.1) is 13.1 Å². The van der Waals surface area contributed by atoms with Gasteiger partial charge in [0.2, 0.25) is 15.9 Å². The molecule has 8 heteroatoms. The summed E-state index contributed by atoms with van der Waals surface area (Å²) in [5.41, 5.74) is 2.76. The molecule has 0 unspecified atom stereocenters. The molecule has 0 radical (unpaired) electrons. The molecular formula is C16H19N3O3S2. The summed E-state index contributed by atoms with van der Waals surface area (Å²) in [5.74, 6) is -0.407. The summed E-state index contributed by atoms with van der Waals surface area (Å²) in [7, 11) is -3.67. The summed E-state index contributed by atoms with van der Waals surface area (Å²) < 4.78 is 26.0. The molecule has 0 saturated heterocycles. The number of carbonyl (C=O) groups excluding carboxylic acids is 1. The average molecular weight is 365 g/mol. The van der Waals surface area contributed by atoms with Gasteiger partial charge in [-0.15, -0.1) is 11.3 Å². The lowest BCUT2D eigenvalue weighted by atomic mass is 10.2. The van der Waals surface area contributed by atoms with Crippen molar-refractivity contribution < 1.29 is 13.2 Å². The van der Waals surface area contributed by atoms with Crippen molar-refractivity contribution in [3.05, 3.63) is 56.9 Å². The van der Waals surface area contributed by atoms with E-state index in [0.29, 0.717) is 0 Å². The summed E-state index contributed by atoms with van der Waals surface area (Å²) >= 11 is 1.45. The predicted octanol–water partition coefficient (Wildman–Crippen LogP) is 1.97. The van der Waals surface area contributed by atoms with Gasteiger partial charge in [-0.05, 0) is 25.5 Å². The number of nitrogens with one attached hydrogen (secondary N) is 2. The fourth-order valence-electron chi connectivity index (χ4n) is 1.78. The van der Waals surface area contributed by atoms with Crippen LogP contribution in [0.2, 0.25) is 0 Å². The first-order valence-electron chi connectivity index (χ1n) is 7.26. The highest BCUT2D eigenvalue weighted by Gasteiger charge is 2.09. The Balaban J connectivity index is 1.80. The average Bonchev–Trinajstić information content (AvgIpc) is 2.96. The van der Waals surface area contributed by atoms with Gasteiger partial charge in [-0.1, -0.05) is 29.8 Å². The third-order valence-electron chi connectivity index (χ3n) is 3.05. The van der Waals surface area contributed by atoms with Crippen LogP contribution in [0.25, 0.3) is 6.08 Å². The molecule has 2 aromatic rings. The summed E-state index contributed by atoms with van der Waals surface area (Å²) in [6.45, 7) is 3.80. The zero-order chi connectivity index (χ0) is 17.6. The number of nitrogens with zero attached hydrogens (tertiary/aromatic N) is 1. The number of amides is 1. The van der Waals surface area contributed by atoms with E-state index >= 15 is 0 Å². The van der Waals surface area contributed by atoms with Crippen molar-refractivity contribution in [1.82, 2.24) is 15.0 Å². The maximum Gasteiger partial charge on any atom is 0.235 e. The van der Waals surface area contributed by atoms with Gasteiger partial charge < -0.3 is 5.32 Å². The second-order valence-electron chi connectivity index (χ2n) is 5.24. The molecule has 1 aromatic carbocycles. The van der Waals surface area contributed by atoms with Crippen LogP contribution in [0.15, 0.2) is 35.1 Å². The van der Waals surface area contributed by atoms with Crippen molar-refractivity contribution in [2.45, 2.75) is 20.4 Å². The number of sulfonamides is 1.